The van der Waals surface area contributed by atoms with Crippen molar-refractivity contribution in [2.75, 3.05) is 5.75 Å². The minimum atomic E-state index is -0.407. The van der Waals surface area contributed by atoms with Gasteiger partial charge < -0.3 is 0 Å². The molecule has 1 aliphatic rings. The third-order valence-electron chi connectivity index (χ3n) is 3.22. The first kappa shape index (κ1) is 13.6. The molecule has 1 aliphatic heterocycles. The third-order valence-corrected chi connectivity index (χ3v) is 4.34. The lowest BCUT2D eigenvalue weighted by atomic mass is 10.0. The number of fused-ring (bicyclic) bond motifs is 1. The van der Waals surface area contributed by atoms with Crippen molar-refractivity contribution >= 4 is 23.6 Å². The van der Waals surface area contributed by atoms with Crippen LogP contribution >= 0.6 is 11.8 Å². The van der Waals surface area contributed by atoms with Crippen molar-refractivity contribution in [3.63, 3.8) is 0 Å². The lowest BCUT2D eigenvalue weighted by Crippen LogP contribution is -2.12. The summed E-state index contributed by atoms with van der Waals surface area (Å²) in [5.41, 5.74) is 2.38. The van der Waals surface area contributed by atoms with Crippen molar-refractivity contribution in [2.24, 2.45) is 0 Å². The molecule has 0 aromatic heterocycles. The largest absolute Gasteiger partial charge is 0.289 e. The van der Waals surface area contributed by atoms with Crippen LogP contribution in [0, 0.1) is 17.1 Å². The van der Waals surface area contributed by atoms with Gasteiger partial charge in [0.2, 0.25) is 0 Å². The summed E-state index contributed by atoms with van der Waals surface area (Å²) >= 11 is 1.52. The summed E-state index contributed by atoms with van der Waals surface area (Å²) in [5.74, 6) is -0.00475. The Bertz CT molecular complexity index is 805. The zero-order valence-electron chi connectivity index (χ0n) is 11.0. The molecule has 0 N–H and O–H groups in total. The summed E-state index contributed by atoms with van der Waals surface area (Å²) in [6.45, 7) is 0. The first-order chi connectivity index (χ1) is 10.2. The van der Waals surface area contributed by atoms with Gasteiger partial charge in [-0.05, 0) is 42.0 Å². The van der Waals surface area contributed by atoms with Crippen LogP contribution in [-0.4, -0.2) is 11.5 Å². The second-order valence-corrected chi connectivity index (χ2v) is 5.68. The fourth-order valence-corrected chi connectivity index (χ4v) is 3.20. The van der Waals surface area contributed by atoms with E-state index in [-0.39, 0.29) is 5.78 Å². The van der Waals surface area contributed by atoms with E-state index >= 15 is 0 Å². The highest BCUT2D eigenvalue weighted by Gasteiger charge is 2.22. The van der Waals surface area contributed by atoms with Gasteiger partial charge in [-0.2, -0.15) is 5.26 Å². The highest BCUT2D eigenvalue weighted by atomic mass is 32.2. The first-order valence-corrected chi connectivity index (χ1v) is 7.34. The van der Waals surface area contributed by atoms with Crippen molar-refractivity contribution in [3.8, 4) is 6.07 Å². The highest BCUT2D eigenvalue weighted by molar-refractivity contribution is 7.99. The SMILES string of the molecule is N#Cc1cccc(/C=C2/CSc3ccc(F)cc3C2=O)c1. The Kier molecular flexibility index (Phi) is 3.59. The van der Waals surface area contributed by atoms with Crippen molar-refractivity contribution < 1.29 is 9.18 Å². The molecule has 2 aromatic rings. The minimum Gasteiger partial charge on any atom is -0.289 e. The van der Waals surface area contributed by atoms with Crippen LogP contribution < -0.4 is 0 Å². The van der Waals surface area contributed by atoms with Crippen LogP contribution in [0.15, 0.2) is 52.9 Å². The van der Waals surface area contributed by atoms with E-state index < -0.39 is 5.82 Å². The van der Waals surface area contributed by atoms with Crippen molar-refractivity contribution in [1.29, 1.82) is 5.26 Å². The maximum absolute atomic E-state index is 13.3. The number of rotatable bonds is 1. The number of Topliss-reactive ketones (excluding diaryl/α,β-unsaturated/α-hetero) is 1. The summed E-state index contributed by atoms with van der Waals surface area (Å²) in [6.07, 6.45) is 1.77. The van der Waals surface area contributed by atoms with Crippen LogP contribution in [-0.2, 0) is 0 Å². The lowest BCUT2D eigenvalue weighted by molar-refractivity contribution is 0.103. The van der Waals surface area contributed by atoms with Crippen LogP contribution in [0.4, 0.5) is 4.39 Å². The molecule has 2 aromatic carbocycles. The van der Waals surface area contributed by atoms with Gasteiger partial charge in [-0.25, -0.2) is 4.39 Å². The lowest BCUT2D eigenvalue weighted by Gasteiger charge is -2.16. The molecule has 0 aliphatic carbocycles. The van der Waals surface area contributed by atoms with Gasteiger partial charge in [0.05, 0.1) is 11.6 Å². The predicted octanol–water partition coefficient (Wildman–Crippen LogP) is 4.07. The number of hydrogen-bond donors (Lipinski definition) is 0. The molecule has 0 saturated carbocycles. The van der Waals surface area contributed by atoms with Crippen molar-refractivity contribution in [3.05, 3.63) is 70.5 Å². The number of hydrogen-bond acceptors (Lipinski definition) is 3. The van der Waals surface area contributed by atoms with Crippen LogP contribution in [0.2, 0.25) is 0 Å². The normalized spacial score (nSPS) is 15.6. The van der Waals surface area contributed by atoms with Crippen LogP contribution in [0.5, 0.6) is 0 Å². The minimum absolute atomic E-state index is 0.148. The second-order valence-electron chi connectivity index (χ2n) is 4.67. The predicted molar refractivity (Wildman–Crippen MR) is 80.6 cm³/mol. The molecule has 0 saturated heterocycles. The van der Waals surface area contributed by atoms with Crippen molar-refractivity contribution in [1.82, 2.24) is 0 Å². The number of nitrogens with zero attached hydrogens (tertiary/aromatic N) is 1. The Morgan fingerprint density at radius 3 is 2.90 bits per heavy atom. The second kappa shape index (κ2) is 5.55. The van der Waals surface area contributed by atoms with E-state index in [0.29, 0.717) is 22.5 Å². The molecule has 102 valence electrons. The molecular weight excluding hydrogens is 285 g/mol. The van der Waals surface area contributed by atoms with E-state index in [1.165, 1.54) is 23.9 Å². The van der Waals surface area contributed by atoms with Gasteiger partial charge >= 0.3 is 0 Å². The van der Waals surface area contributed by atoms with Gasteiger partial charge in [0.25, 0.3) is 0 Å². The van der Waals surface area contributed by atoms with E-state index in [2.05, 4.69) is 6.07 Å². The molecule has 0 bridgehead atoms. The molecule has 0 spiro atoms. The average molecular weight is 295 g/mol. The van der Waals surface area contributed by atoms with Gasteiger partial charge in [-0.3, -0.25) is 4.79 Å². The fraction of sp³-hybridized carbons (Fsp3) is 0.0588. The van der Waals surface area contributed by atoms with Crippen LogP contribution in [0.25, 0.3) is 6.08 Å². The Morgan fingerprint density at radius 1 is 1.24 bits per heavy atom. The zero-order chi connectivity index (χ0) is 14.8. The maximum Gasteiger partial charge on any atom is 0.191 e. The number of carbonyl (C=O) groups excluding carboxylic acids is 1. The van der Waals surface area contributed by atoms with Crippen molar-refractivity contribution in [2.45, 2.75) is 4.90 Å². The number of thioether (sulfide) groups is 1. The smallest absolute Gasteiger partial charge is 0.191 e. The van der Waals surface area contributed by atoms with Gasteiger partial charge in [0.15, 0.2) is 5.78 Å². The molecule has 3 rings (SSSR count). The molecule has 1 heterocycles. The highest BCUT2D eigenvalue weighted by Crippen LogP contribution is 2.33. The Morgan fingerprint density at radius 2 is 2.10 bits per heavy atom. The quantitative estimate of drug-likeness (QED) is 0.745. The molecule has 0 radical (unpaired) electrons. The van der Waals surface area contributed by atoms with Gasteiger partial charge in [0.1, 0.15) is 5.82 Å². The summed E-state index contributed by atoms with van der Waals surface area (Å²) in [5, 5.41) is 8.90. The summed E-state index contributed by atoms with van der Waals surface area (Å²) in [7, 11) is 0. The van der Waals surface area contributed by atoms with Gasteiger partial charge in [-0.1, -0.05) is 12.1 Å². The molecule has 4 heteroatoms. The van der Waals surface area contributed by atoms with Gasteiger partial charge in [0, 0.05) is 21.8 Å². The van der Waals surface area contributed by atoms with Crippen LogP contribution in [0.1, 0.15) is 21.5 Å². The maximum atomic E-state index is 13.3. The molecule has 21 heavy (non-hydrogen) atoms. The Hall–Kier alpha value is -2.38. The average Bonchev–Trinajstić information content (AvgIpc) is 2.51. The topological polar surface area (TPSA) is 40.9 Å². The van der Waals surface area contributed by atoms with Gasteiger partial charge in [-0.15, -0.1) is 11.8 Å². The number of nitriles is 1. The molecule has 0 atom stereocenters. The molecular formula is C17H10FNOS. The van der Waals surface area contributed by atoms with E-state index in [1.54, 1.807) is 30.3 Å². The number of halogens is 1. The zero-order valence-corrected chi connectivity index (χ0v) is 11.8. The van der Waals surface area contributed by atoms with E-state index in [4.69, 9.17) is 5.26 Å². The summed E-state index contributed by atoms with van der Waals surface area (Å²) in [6, 6.07) is 13.4. The number of carbonyl (C=O) groups is 1. The standard InChI is InChI=1S/C17H10FNOS/c18-14-4-5-16-15(8-14)17(20)13(10-21-16)7-11-2-1-3-12(6-11)9-19/h1-8H,10H2/b13-7-. The monoisotopic (exact) mass is 295 g/mol. The third kappa shape index (κ3) is 2.74. The van der Waals surface area contributed by atoms with E-state index in [9.17, 15) is 9.18 Å². The number of ketones is 1. The molecule has 2 nitrogen and oxygen atoms in total. The van der Waals surface area contributed by atoms with E-state index in [0.717, 1.165) is 10.5 Å². The van der Waals surface area contributed by atoms with E-state index in [1.807, 2.05) is 6.07 Å². The molecule has 0 unspecified atom stereocenters. The molecule has 0 fully saturated rings. The summed E-state index contributed by atoms with van der Waals surface area (Å²) < 4.78 is 13.3. The Balaban J connectivity index is 1.99. The Labute approximate surface area is 125 Å². The van der Waals surface area contributed by atoms with Crippen LogP contribution in [0.3, 0.4) is 0 Å². The molecule has 0 amide bonds. The number of benzene rings is 2. The summed E-state index contributed by atoms with van der Waals surface area (Å²) in [4.78, 5) is 13.2. The first-order valence-electron chi connectivity index (χ1n) is 6.35. The fourth-order valence-electron chi connectivity index (χ4n) is 2.21.